The molecule has 0 heterocycles. The highest BCUT2D eigenvalue weighted by Gasteiger charge is 2.19. The Kier molecular flexibility index (Phi) is 31.2. The standard InChI is InChI=1S/C19H24.C15H24.C5H12.C4H10.C2H6/c1-8-10-16(11-9-2)17-12-14(3)15(4)13-18(17)19(5,6)7;1-8-10-14(11-9-2)12(3)13(4)15(5,6)7;1-3-5-4-2;1-3-4-2;1-2/h8-13H,1,3-4H2,2,5-7H3;8-11H,1H2,2-7H3;3-5H2,1-2H3;3-4H2,1-2H3;1-2H3/b11-9-,16-10+;11-9-,13-12-,14-10+;;;. The first kappa shape index (κ1) is 49.0. The average molecular weight is 617 g/mol. The van der Waals surface area contributed by atoms with Crippen LogP contribution in [0.2, 0.25) is 0 Å². The Morgan fingerprint density at radius 1 is 0.689 bits per heavy atom. The van der Waals surface area contributed by atoms with Gasteiger partial charge in [0.15, 0.2) is 0 Å². The van der Waals surface area contributed by atoms with Gasteiger partial charge in [0.05, 0.1) is 0 Å². The molecule has 0 nitrogen and oxygen atoms in total. The van der Waals surface area contributed by atoms with Crippen LogP contribution in [-0.4, -0.2) is 0 Å². The summed E-state index contributed by atoms with van der Waals surface area (Å²) in [4.78, 5) is 0. The molecule has 1 aromatic rings. The molecular weight excluding hydrogens is 540 g/mol. The summed E-state index contributed by atoms with van der Waals surface area (Å²) in [5.41, 5.74) is 7.98. The van der Waals surface area contributed by atoms with Crippen molar-refractivity contribution in [2.24, 2.45) is 5.41 Å². The second kappa shape index (κ2) is 28.6. The lowest BCUT2D eigenvalue weighted by molar-refractivity contribution is 0.499. The lowest BCUT2D eigenvalue weighted by atomic mass is 9.81. The molecule has 0 N–H and O–H groups in total. The van der Waals surface area contributed by atoms with Crippen LogP contribution >= 0.6 is 0 Å². The minimum Gasteiger partial charge on any atom is -0.0990 e. The van der Waals surface area contributed by atoms with Gasteiger partial charge in [0.2, 0.25) is 0 Å². The van der Waals surface area contributed by atoms with Crippen LogP contribution in [0.5, 0.6) is 0 Å². The van der Waals surface area contributed by atoms with E-state index in [-0.39, 0.29) is 10.8 Å². The molecular formula is C45H76. The van der Waals surface area contributed by atoms with E-state index in [0.29, 0.717) is 0 Å². The van der Waals surface area contributed by atoms with Crippen LogP contribution in [-0.2, 0) is 5.41 Å². The minimum absolute atomic E-state index is 0.0668. The van der Waals surface area contributed by atoms with Crippen molar-refractivity contribution < 1.29 is 0 Å². The summed E-state index contributed by atoms with van der Waals surface area (Å²) in [7, 11) is 0. The largest absolute Gasteiger partial charge is 0.0990 e. The van der Waals surface area contributed by atoms with Gasteiger partial charge in [0, 0.05) is 0 Å². The second-order valence-electron chi connectivity index (χ2n) is 13.0. The summed E-state index contributed by atoms with van der Waals surface area (Å²) in [5, 5.41) is 1.97. The van der Waals surface area contributed by atoms with Crippen molar-refractivity contribution in [3.63, 3.8) is 0 Å². The quantitative estimate of drug-likeness (QED) is 0.242. The average Bonchev–Trinajstić information content (AvgIpc) is 2.98. The van der Waals surface area contributed by atoms with Gasteiger partial charge in [0.1, 0.15) is 0 Å². The molecule has 0 amide bonds. The molecule has 0 radical (unpaired) electrons. The number of hydrogen-bond acceptors (Lipinski definition) is 0. The maximum absolute atomic E-state index is 4.07. The van der Waals surface area contributed by atoms with Crippen LogP contribution in [0.1, 0.15) is 154 Å². The van der Waals surface area contributed by atoms with E-state index in [4.69, 9.17) is 0 Å². The van der Waals surface area contributed by atoms with Gasteiger partial charge in [-0.2, -0.15) is 0 Å². The van der Waals surface area contributed by atoms with Crippen LogP contribution in [0.25, 0.3) is 18.7 Å². The molecule has 0 aromatic heterocycles. The minimum atomic E-state index is 0.0668. The van der Waals surface area contributed by atoms with E-state index in [2.05, 4.69) is 146 Å². The molecule has 0 bridgehead atoms. The zero-order chi connectivity index (χ0) is 36.2. The Morgan fingerprint density at radius 2 is 1.13 bits per heavy atom. The summed E-state index contributed by atoms with van der Waals surface area (Å²) in [6.07, 6.45) is 22.8. The molecule has 0 saturated heterocycles. The number of unbranched alkanes of at least 4 members (excludes halogenated alkanes) is 3. The first-order valence-corrected chi connectivity index (χ1v) is 17.4. The Hall–Kier alpha value is -2.86. The van der Waals surface area contributed by atoms with Crippen molar-refractivity contribution >= 4 is 18.7 Å². The molecule has 256 valence electrons. The van der Waals surface area contributed by atoms with E-state index in [9.17, 15) is 0 Å². The number of benzene rings is 1. The van der Waals surface area contributed by atoms with Crippen LogP contribution in [0, 0.1) is 5.41 Å². The predicted octanol–water partition coefficient (Wildman–Crippen LogP) is 14.0. The van der Waals surface area contributed by atoms with Gasteiger partial charge in [-0.25, -0.2) is 0 Å². The molecule has 0 aliphatic heterocycles. The molecule has 0 spiro atoms. The first-order valence-electron chi connectivity index (χ1n) is 17.4. The maximum Gasteiger partial charge on any atom is -0.0125 e. The third-order valence-electron chi connectivity index (χ3n) is 7.07. The maximum atomic E-state index is 4.07. The van der Waals surface area contributed by atoms with Crippen molar-refractivity contribution in [2.45, 2.75) is 148 Å². The van der Waals surface area contributed by atoms with Gasteiger partial charge in [-0.3, -0.25) is 0 Å². The van der Waals surface area contributed by atoms with Gasteiger partial charge in [0.25, 0.3) is 0 Å². The van der Waals surface area contributed by atoms with Gasteiger partial charge in [-0.15, -0.1) is 0 Å². The molecule has 1 rings (SSSR count). The monoisotopic (exact) mass is 617 g/mol. The van der Waals surface area contributed by atoms with Gasteiger partial charge in [-0.1, -0.05) is 202 Å². The highest BCUT2D eigenvalue weighted by Crippen LogP contribution is 2.31. The van der Waals surface area contributed by atoms with E-state index in [1.807, 2.05) is 52.0 Å². The fourth-order valence-corrected chi connectivity index (χ4v) is 3.83. The van der Waals surface area contributed by atoms with E-state index >= 15 is 0 Å². The van der Waals surface area contributed by atoms with Gasteiger partial charge in [-0.05, 0) is 82.9 Å². The predicted molar refractivity (Wildman–Crippen MR) is 216 cm³/mol. The van der Waals surface area contributed by atoms with Crippen LogP contribution in [0.15, 0.2) is 90.6 Å². The molecule has 1 aromatic carbocycles. The third kappa shape index (κ3) is 23.2. The Morgan fingerprint density at radius 3 is 1.44 bits per heavy atom. The number of hydrogen-bond donors (Lipinski definition) is 0. The van der Waals surface area contributed by atoms with E-state index in [1.165, 1.54) is 60.0 Å². The fourth-order valence-electron chi connectivity index (χ4n) is 3.83. The van der Waals surface area contributed by atoms with E-state index in [0.717, 1.165) is 16.0 Å². The third-order valence-corrected chi connectivity index (χ3v) is 7.07. The second-order valence-corrected chi connectivity index (χ2v) is 13.0. The van der Waals surface area contributed by atoms with Crippen molar-refractivity contribution in [2.75, 3.05) is 0 Å². The molecule has 0 atom stereocenters. The molecule has 0 aliphatic carbocycles. The molecule has 0 aliphatic rings. The highest BCUT2D eigenvalue weighted by molar-refractivity contribution is 5.77. The summed E-state index contributed by atoms with van der Waals surface area (Å²) >= 11 is 0. The lowest BCUT2D eigenvalue weighted by Gasteiger charge is -2.24. The lowest BCUT2D eigenvalue weighted by Crippen LogP contribution is -2.27. The first-order chi connectivity index (χ1) is 21.0. The summed E-state index contributed by atoms with van der Waals surface area (Å²) in [6.45, 7) is 50.3. The zero-order valence-electron chi connectivity index (χ0n) is 33.1. The number of allylic oxidation sites excluding steroid dienone is 12. The summed E-state index contributed by atoms with van der Waals surface area (Å²) in [5.74, 6) is 0. The van der Waals surface area contributed by atoms with Crippen LogP contribution in [0.4, 0.5) is 0 Å². The van der Waals surface area contributed by atoms with Crippen molar-refractivity contribution in [3.05, 3.63) is 112 Å². The fraction of sp³-hybridized carbons (Fsp3) is 0.511. The Bertz CT molecular complexity index is 1170. The smallest absolute Gasteiger partial charge is 0.0125 e. The van der Waals surface area contributed by atoms with Crippen LogP contribution < -0.4 is 10.4 Å². The van der Waals surface area contributed by atoms with Crippen LogP contribution in [0.3, 0.4) is 0 Å². The Labute approximate surface area is 283 Å². The zero-order valence-corrected chi connectivity index (χ0v) is 33.1. The van der Waals surface area contributed by atoms with Gasteiger partial charge < -0.3 is 0 Å². The normalized spacial score (nSPS) is 12.4. The van der Waals surface area contributed by atoms with E-state index in [1.54, 1.807) is 0 Å². The molecule has 0 saturated carbocycles. The summed E-state index contributed by atoms with van der Waals surface area (Å²) < 4.78 is 0. The molecule has 0 unspecified atom stereocenters. The van der Waals surface area contributed by atoms with Gasteiger partial charge >= 0.3 is 0 Å². The van der Waals surface area contributed by atoms with Crippen molar-refractivity contribution in [1.82, 2.24) is 0 Å². The summed E-state index contributed by atoms with van der Waals surface area (Å²) in [6, 6.07) is 4.27. The van der Waals surface area contributed by atoms with Crippen molar-refractivity contribution in [3.8, 4) is 0 Å². The van der Waals surface area contributed by atoms with E-state index < -0.39 is 0 Å². The van der Waals surface area contributed by atoms with Crippen molar-refractivity contribution in [1.29, 1.82) is 0 Å². The Balaban J connectivity index is -0.000000286. The molecule has 0 heteroatoms. The number of rotatable bonds is 9. The molecule has 0 fully saturated rings. The topological polar surface area (TPSA) is 0 Å². The SMILES string of the molecule is C=C/C=C(\C=C/C)C(/C)=C(/C)C(C)(C)C.C=C/C=C(\C=C/C)c1cc(=C)c(=C)cc1C(C)(C)C.CC.CCCC.CCCCC. The molecule has 45 heavy (non-hydrogen) atoms. The highest BCUT2D eigenvalue weighted by atomic mass is 14.2.